The van der Waals surface area contributed by atoms with Crippen LogP contribution in [0.25, 0.3) is 0 Å². The Balaban J connectivity index is 2.24. The number of amides is 1. The van der Waals surface area contributed by atoms with Crippen LogP contribution in [0.1, 0.15) is 17.4 Å². The summed E-state index contributed by atoms with van der Waals surface area (Å²) in [6.45, 7) is 2.59. The number of rotatable bonds is 4. The number of benzene rings is 1. The summed E-state index contributed by atoms with van der Waals surface area (Å²) in [5, 5.41) is 6.45. The Morgan fingerprint density at radius 3 is 2.48 bits per heavy atom. The lowest BCUT2D eigenvalue weighted by Gasteiger charge is -2.10. The summed E-state index contributed by atoms with van der Waals surface area (Å²) in [4.78, 5) is 20.3. The molecule has 8 heteroatoms. The van der Waals surface area contributed by atoms with Crippen LogP contribution in [0.2, 0.25) is 15.1 Å². The summed E-state index contributed by atoms with van der Waals surface area (Å²) in [6, 6.07) is 2.98. The highest BCUT2D eigenvalue weighted by molar-refractivity contribution is 6.42. The fourth-order valence-electron chi connectivity index (χ4n) is 1.58. The molecule has 2 aromatic rings. The molecule has 5 nitrogen and oxygen atoms in total. The van der Waals surface area contributed by atoms with E-state index < -0.39 is 5.91 Å². The summed E-state index contributed by atoms with van der Waals surface area (Å²) in [5.41, 5.74) is 0.430. The highest BCUT2D eigenvalue weighted by atomic mass is 35.5. The maximum Gasteiger partial charge on any atom is 0.276 e. The van der Waals surface area contributed by atoms with Crippen LogP contribution in [0.15, 0.2) is 24.5 Å². The van der Waals surface area contributed by atoms with Crippen LogP contribution >= 0.6 is 34.8 Å². The summed E-state index contributed by atoms with van der Waals surface area (Å²) in [5.74, 6) is 0.0480. The van der Waals surface area contributed by atoms with Gasteiger partial charge in [0.15, 0.2) is 0 Å². The maximum absolute atomic E-state index is 12.2. The smallest absolute Gasteiger partial charge is 0.276 e. The van der Waals surface area contributed by atoms with Gasteiger partial charge in [0.25, 0.3) is 5.91 Å². The minimum atomic E-state index is -0.464. The van der Waals surface area contributed by atoms with Crippen molar-refractivity contribution in [1.29, 1.82) is 0 Å². The Morgan fingerprint density at radius 1 is 1.19 bits per heavy atom. The minimum Gasteiger partial charge on any atom is -0.369 e. The van der Waals surface area contributed by atoms with Crippen LogP contribution in [0, 0.1) is 0 Å². The van der Waals surface area contributed by atoms with E-state index in [1.54, 1.807) is 0 Å². The Kier molecular flexibility index (Phi) is 5.22. The maximum atomic E-state index is 12.2. The van der Waals surface area contributed by atoms with Crippen LogP contribution in [0.3, 0.4) is 0 Å². The first-order valence-corrected chi connectivity index (χ1v) is 7.16. The van der Waals surface area contributed by atoms with Gasteiger partial charge in [-0.05, 0) is 19.1 Å². The van der Waals surface area contributed by atoms with Crippen molar-refractivity contribution in [2.24, 2.45) is 0 Å². The highest BCUT2D eigenvalue weighted by Gasteiger charge is 2.14. The Bertz CT molecular complexity index is 655. The standard InChI is InChI=1S/C13H11Cl3N4O/c1-2-18-11-6-17-5-10(19-11)13(21)20-12-8(15)3-7(14)4-9(12)16/h3-6H,2H2,1H3,(H,18,19)(H,20,21). The van der Waals surface area contributed by atoms with Gasteiger partial charge in [0.05, 0.1) is 28.1 Å². The molecule has 0 aliphatic carbocycles. The molecule has 1 heterocycles. The number of nitrogens with one attached hydrogen (secondary N) is 2. The van der Waals surface area contributed by atoms with Gasteiger partial charge in [0.2, 0.25) is 0 Å². The van der Waals surface area contributed by atoms with Gasteiger partial charge in [-0.15, -0.1) is 0 Å². The Morgan fingerprint density at radius 2 is 1.86 bits per heavy atom. The molecule has 0 saturated heterocycles. The predicted octanol–water partition coefficient (Wildman–Crippen LogP) is 4.12. The zero-order chi connectivity index (χ0) is 15.4. The Labute approximate surface area is 136 Å². The highest BCUT2D eigenvalue weighted by Crippen LogP contribution is 2.33. The van der Waals surface area contributed by atoms with Crippen LogP contribution in [0.4, 0.5) is 11.5 Å². The van der Waals surface area contributed by atoms with Gasteiger partial charge in [-0.2, -0.15) is 0 Å². The number of aromatic nitrogens is 2. The lowest BCUT2D eigenvalue weighted by atomic mass is 10.3. The van der Waals surface area contributed by atoms with Crippen LogP contribution < -0.4 is 10.6 Å². The lowest BCUT2D eigenvalue weighted by molar-refractivity contribution is 0.102. The molecule has 0 spiro atoms. The zero-order valence-corrected chi connectivity index (χ0v) is 13.2. The number of carbonyl (C=O) groups is 1. The quantitative estimate of drug-likeness (QED) is 0.874. The zero-order valence-electron chi connectivity index (χ0n) is 11.0. The molecular weight excluding hydrogens is 335 g/mol. The van der Waals surface area contributed by atoms with Crippen LogP contribution in [0.5, 0.6) is 0 Å². The van der Waals surface area contributed by atoms with Gasteiger partial charge < -0.3 is 10.6 Å². The fraction of sp³-hybridized carbons (Fsp3) is 0.154. The van der Waals surface area contributed by atoms with E-state index in [1.165, 1.54) is 24.5 Å². The first-order chi connectivity index (χ1) is 10.0. The molecule has 0 atom stereocenters. The first-order valence-electron chi connectivity index (χ1n) is 6.03. The molecule has 0 saturated carbocycles. The third kappa shape index (κ3) is 3.97. The molecular formula is C13H11Cl3N4O. The fourth-order valence-corrected chi connectivity index (χ4v) is 2.49. The largest absolute Gasteiger partial charge is 0.369 e. The summed E-state index contributed by atoms with van der Waals surface area (Å²) >= 11 is 17.8. The number of carbonyl (C=O) groups excluding carboxylic acids is 1. The Hall–Kier alpha value is -1.56. The number of hydrogen-bond donors (Lipinski definition) is 2. The van der Waals surface area contributed by atoms with E-state index in [0.29, 0.717) is 17.4 Å². The van der Waals surface area contributed by atoms with E-state index in [-0.39, 0.29) is 21.4 Å². The van der Waals surface area contributed by atoms with Crippen molar-refractivity contribution in [3.8, 4) is 0 Å². The van der Waals surface area contributed by atoms with Gasteiger partial charge in [-0.1, -0.05) is 34.8 Å². The van der Waals surface area contributed by atoms with E-state index in [1.807, 2.05) is 6.92 Å². The average molecular weight is 346 g/mol. The predicted molar refractivity (Wildman–Crippen MR) is 85.6 cm³/mol. The minimum absolute atomic E-state index is 0.149. The molecule has 2 rings (SSSR count). The van der Waals surface area contributed by atoms with Crippen LogP contribution in [-0.4, -0.2) is 22.4 Å². The molecule has 0 fully saturated rings. The SMILES string of the molecule is CCNc1cncc(C(=O)Nc2c(Cl)cc(Cl)cc2Cl)n1. The van der Waals surface area contributed by atoms with Crippen molar-refractivity contribution in [2.45, 2.75) is 6.92 Å². The monoisotopic (exact) mass is 344 g/mol. The second-order valence-electron chi connectivity index (χ2n) is 4.02. The van der Waals surface area contributed by atoms with Crippen molar-refractivity contribution >= 4 is 52.2 Å². The van der Waals surface area contributed by atoms with Crippen molar-refractivity contribution in [3.05, 3.63) is 45.3 Å². The number of nitrogens with zero attached hydrogens (tertiary/aromatic N) is 2. The van der Waals surface area contributed by atoms with Crippen molar-refractivity contribution in [2.75, 3.05) is 17.2 Å². The second-order valence-corrected chi connectivity index (χ2v) is 5.27. The van der Waals surface area contributed by atoms with E-state index in [4.69, 9.17) is 34.8 Å². The van der Waals surface area contributed by atoms with Gasteiger partial charge in [-0.25, -0.2) is 4.98 Å². The molecule has 0 aliphatic heterocycles. The molecule has 2 N–H and O–H groups in total. The number of halogens is 3. The van der Waals surface area contributed by atoms with E-state index in [0.717, 1.165) is 0 Å². The number of hydrogen-bond acceptors (Lipinski definition) is 4. The molecule has 0 bridgehead atoms. The topological polar surface area (TPSA) is 66.9 Å². The molecule has 110 valence electrons. The first kappa shape index (κ1) is 15.8. The van der Waals surface area contributed by atoms with E-state index in [2.05, 4.69) is 20.6 Å². The van der Waals surface area contributed by atoms with Crippen molar-refractivity contribution in [1.82, 2.24) is 9.97 Å². The number of anilines is 2. The molecule has 0 aliphatic rings. The molecule has 1 aromatic heterocycles. The van der Waals surface area contributed by atoms with Gasteiger partial charge in [-0.3, -0.25) is 9.78 Å². The van der Waals surface area contributed by atoms with Gasteiger partial charge in [0.1, 0.15) is 11.5 Å². The third-order valence-electron chi connectivity index (χ3n) is 2.47. The lowest BCUT2D eigenvalue weighted by Crippen LogP contribution is -2.15. The van der Waals surface area contributed by atoms with Gasteiger partial charge in [0, 0.05) is 11.6 Å². The normalized spacial score (nSPS) is 10.3. The molecule has 1 amide bonds. The second kappa shape index (κ2) is 6.93. The van der Waals surface area contributed by atoms with Crippen LogP contribution in [-0.2, 0) is 0 Å². The van der Waals surface area contributed by atoms with Gasteiger partial charge >= 0.3 is 0 Å². The molecule has 1 aromatic carbocycles. The molecule has 21 heavy (non-hydrogen) atoms. The van der Waals surface area contributed by atoms with Crippen molar-refractivity contribution in [3.63, 3.8) is 0 Å². The summed E-state index contributed by atoms with van der Waals surface area (Å²) < 4.78 is 0. The third-order valence-corrected chi connectivity index (χ3v) is 3.28. The summed E-state index contributed by atoms with van der Waals surface area (Å²) in [7, 11) is 0. The average Bonchev–Trinajstić information content (AvgIpc) is 2.43. The van der Waals surface area contributed by atoms with E-state index in [9.17, 15) is 4.79 Å². The van der Waals surface area contributed by atoms with Crippen molar-refractivity contribution < 1.29 is 4.79 Å². The summed E-state index contributed by atoms with van der Waals surface area (Å²) in [6.07, 6.45) is 2.89. The molecule has 0 radical (unpaired) electrons. The molecule has 0 unspecified atom stereocenters. The van der Waals surface area contributed by atoms with E-state index >= 15 is 0 Å².